The van der Waals surface area contributed by atoms with E-state index in [4.69, 9.17) is 0 Å². The Morgan fingerprint density at radius 1 is 1.27 bits per heavy atom. The van der Waals surface area contributed by atoms with Crippen LogP contribution >= 0.6 is 0 Å². The van der Waals surface area contributed by atoms with E-state index in [2.05, 4.69) is 44.0 Å². The molecule has 2 heterocycles. The Morgan fingerprint density at radius 2 is 2.00 bits per heavy atom. The number of benzene rings is 1. The highest BCUT2D eigenvalue weighted by Crippen LogP contribution is 2.18. The van der Waals surface area contributed by atoms with Gasteiger partial charge in [0.2, 0.25) is 0 Å². The summed E-state index contributed by atoms with van der Waals surface area (Å²) in [6.45, 7) is 4.31. The first-order chi connectivity index (χ1) is 10.5. The maximum absolute atomic E-state index is 12.1. The number of nitrogens with one attached hydrogen (secondary N) is 1. The van der Waals surface area contributed by atoms with E-state index in [1.165, 1.54) is 11.3 Å². The standard InChI is InChI=1S/C17H22N4O/c1-12-18-16-8-9-21(11-15(16)17(22)19-12)10-13-4-6-14(7-5-13)20(2)3/h4-7H,8-11H2,1-3H3,(H,18,19,22). The largest absolute Gasteiger partial charge is 0.378 e. The molecule has 1 aromatic carbocycles. The molecule has 0 amide bonds. The first-order valence-corrected chi connectivity index (χ1v) is 7.60. The highest BCUT2D eigenvalue weighted by molar-refractivity contribution is 5.46. The molecule has 1 aromatic heterocycles. The smallest absolute Gasteiger partial charge is 0.255 e. The molecule has 1 aliphatic heterocycles. The third-order valence-corrected chi connectivity index (χ3v) is 4.13. The molecule has 0 spiro atoms. The van der Waals surface area contributed by atoms with Crippen molar-refractivity contribution >= 4 is 5.69 Å². The molecule has 0 radical (unpaired) electrons. The fraction of sp³-hybridized carbons (Fsp3) is 0.412. The number of hydrogen-bond donors (Lipinski definition) is 1. The molecule has 0 bridgehead atoms. The van der Waals surface area contributed by atoms with Gasteiger partial charge < -0.3 is 9.88 Å². The summed E-state index contributed by atoms with van der Waals surface area (Å²) in [6.07, 6.45) is 0.843. The van der Waals surface area contributed by atoms with E-state index in [0.717, 1.165) is 30.8 Å². The van der Waals surface area contributed by atoms with Crippen LogP contribution in [0.1, 0.15) is 22.6 Å². The molecule has 0 fully saturated rings. The number of H-pyrrole nitrogens is 1. The van der Waals surface area contributed by atoms with Crippen LogP contribution in [0.4, 0.5) is 5.69 Å². The Balaban J connectivity index is 1.74. The average molecular weight is 298 g/mol. The van der Waals surface area contributed by atoms with Crippen LogP contribution in [0.5, 0.6) is 0 Å². The van der Waals surface area contributed by atoms with Gasteiger partial charge in [-0.3, -0.25) is 9.69 Å². The molecule has 0 unspecified atom stereocenters. The number of rotatable bonds is 3. The van der Waals surface area contributed by atoms with Crippen LogP contribution in [0, 0.1) is 6.92 Å². The fourth-order valence-electron chi connectivity index (χ4n) is 2.90. The lowest BCUT2D eigenvalue weighted by Crippen LogP contribution is -2.35. The molecule has 0 atom stereocenters. The Bertz CT molecular complexity index is 718. The second-order valence-corrected chi connectivity index (χ2v) is 6.10. The summed E-state index contributed by atoms with van der Waals surface area (Å²) in [6, 6.07) is 8.57. The van der Waals surface area contributed by atoms with Crippen molar-refractivity contribution in [1.29, 1.82) is 0 Å². The molecule has 5 heteroatoms. The van der Waals surface area contributed by atoms with Gasteiger partial charge in [-0.1, -0.05) is 12.1 Å². The number of fused-ring (bicyclic) bond motifs is 1. The number of hydrogen-bond acceptors (Lipinski definition) is 4. The zero-order valence-corrected chi connectivity index (χ0v) is 13.4. The van der Waals surface area contributed by atoms with Crippen LogP contribution in [-0.4, -0.2) is 35.5 Å². The Morgan fingerprint density at radius 3 is 2.68 bits per heavy atom. The van der Waals surface area contributed by atoms with Crippen molar-refractivity contribution in [1.82, 2.24) is 14.9 Å². The lowest BCUT2D eigenvalue weighted by Gasteiger charge is -2.27. The quantitative estimate of drug-likeness (QED) is 0.937. The van der Waals surface area contributed by atoms with Crippen molar-refractivity contribution in [3.8, 4) is 0 Å². The van der Waals surface area contributed by atoms with Crippen LogP contribution in [0.2, 0.25) is 0 Å². The van der Waals surface area contributed by atoms with Crippen molar-refractivity contribution in [2.45, 2.75) is 26.4 Å². The summed E-state index contributed by atoms with van der Waals surface area (Å²) in [7, 11) is 4.08. The topological polar surface area (TPSA) is 52.2 Å². The van der Waals surface area contributed by atoms with Crippen LogP contribution in [0.3, 0.4) is 0 Å². The summed E-state index contributed by atoms with van der Waals surface area (Å²) in [4.78, 5) is 23.7. The van der Waals surface area contributed by atoms with E-state index in [9.17, 15) is 4.79 Å². The highest BCUT2D eigenvalue weighted by Gasteiger charge is 2.20. The summed E-state index contributed by atoms with van der Waals surface area (Å²) in [5.41, 5.74) is 4.26. The minimum atomic E-state index is 0.00940. The van der Waals surface area contributed by atoms with Crippen molar-refractivity contribution in [3.05, 3.63) is 57.3 Å². The van der Waals surface area contributed by atoms with Gasteiger partial charge in [0.15, 0.2) is 0 Å². The number of anilines is 1. The third kappa shape index (κ3) is 3.04. The van der Waals surface area contributed by atoms with E-state index in [-0.39, 0.29) is 5.56 Å². The average Bonchev–Trinajstić information content (AvgIpc) is 2.48. The van der Waals surface area contributed by atoms with Crippen molar-refractivity contribution in [2.24, 2.45) is 0 Å². The summed E-state index contributed by atoms with van der Waals surface area (Å²) < 4.78 is 0. The van der Waals surface area contributed by atoms with Crippen molar-refractivity contribution in [2.75, 3.05) is 25.5 Å². The molecule has 5 nitrogen and oxygen atoms in total. The SMILES string of the molecule is Cc1nc2c(c(=O)[nH]1)CN(Cc1ccc(N(C)C)cc1)CC2. The molecule has 2 aromatic rings. The lowest BCUT2D eigenvalue weighted by molar-refractivity contribution is 0.241. The predicted octanol–water partition coefficient (Wildman–Crippen LogP) is 1.70. The van der Waals surface area contributed by atoms with E-state index in [0.29, 0.717) is 12.4 Å². The van der Waals surface area contributed by atoms with Gasteiger partial charge in [0.05, 0.1) is 11.3 Å². The van der Waals surface area contributed by atoms with Crippen LogP contribution < -0.4 is 10.5 Å². The maximum Gasteiger partial charge on any atom is 0.255 e. The summed E-state index contributed by atoms with van der Waals surface area (Å²) >= 11 is 0. The lowest BCUT2D eigenvalue weighted by atomic mass is 10.1. The zero-order chi connectivity index (χ0) is 15.7. The van der Waals surface area contributed by atoms with Gasteiger partial charge in [0.25, 0.3) is 5.56 Å². The molecule has 0 saturated heterocycles. The molecular weight excluding hydrogens is 276 g/mol. The van der Waals surface area contributed by atoms with Crippen LogP contribution in [0.25, 0.3) is 0 Å². The van der Waals surface area contributed by atoms with Gasteiger partial charge in [-0.2, -0.15) is 0 Å². The monoisotopic (exact) mass is 298 g/mol. The molecule has 22 heavy (non-hydrogen) atoms. The number of aromatic nitrogens is 2. The molecular formula is C17H22N4O. The van der Waals surface area contributed by atoms with E-state index >= 15 is 0 Å². The van der Waals surface area contributed by atoms with Crippen molar-refractivity contribution < 1.29 is 0 Å². The molecule has 0 saturated carbocycles. The minimum absolute atomic E-state index is 0.00940. The highest BCUT2D eigenvalue weighted by atomic mass is 16.1. The minimum Gasteiger partial charge on any atom is -0.378 e. The van der Waals surface area contributed by atoms with Gasteiger partial charge in [-0.25, -0.2) is 4.98 Å². The molecule has 0 aliphatic carbocycles. The third-order valence-electron chi connectivity index (χ3n) is 4.13. The summed E-state index contributed by atoms with van der Waals surface area (Å²) in [5.74, 6) is 0.705. The number of nitrogens with zero attached hydrogens (tertiary/aromatic N) is 3. The molecule has 3 rings (SSSR count). The second-order valence-electron chi connectivity index (χ2n) is 6.10. The normalized spacial score (nSPS) is 14.7. The van der Waals surface area contributed by atoms with Crippen molar-refractivity contribution in [3.63, 3.8) is 0 Å². The Labute approximate surface area is 130 Å². The van der Waals surface area contributed by atoms with Gasteiger partial charge in [-0.05, 0) is 24.6 Å². The van der Waals surface area contributed by atoms with Gasteiger partial charge in [0, 0.05) is 45.8 Å². The van der Waals surface area contributed by atoms with Gasteiger partial charge >= 0.3 is 0 Å². The van der Waals surface area contributed by atoms with E-state index < -0.39 is 0 Å². The molecule has 116 valence electrons. The Kier molecular flexibility index (Phi) is 3.98. The Hall–Kier alpha value is -2.14. The zero-order valence-electron chi connectivity index (χ0n) is 13.4. The second kappa shape index (κ2) is 5.93. The first kappa shape index (κ1) is 14.8. The van der Waals surface area contributed by atoms with Gasteiger partial charge in [-0.15, -0.1) is 0 Å². The maximum atomic E-state index is 12.1. The summed E-state index contributed by atoms with van der Waals surface area (Å²) in [5, 5.41) is 0. The predicted molar refractivity (Wildman–Crippen MR) is 88.2 cm³/mol. The molecule has 1 aliphatic rings. The number of aryl methyl sites for hydroxylation is 1. The van der Waals surface area contributed by atoms with Crippen LogP contribution in [-0.2, 0) is 19.5 Å². The van der Waals surface area contributed by atoms with Gasteiger partial charge in [0.1, 0.15) is 5.82 Å². The van der Waals surface area contributed by atoms with Crippen LogP contribution in [0.15, 0.2) is 29.1 Å². The van der Waals surface area contributed by atoms with E-state index in [1.54, 1.807) is 0 Å². The molecule has 1 N–H and O–H groups in total. The fourth-order valence-corrected chi connectivity index (χ4v) is 2.90. The van der Waals surface area contributed by atoms with E-state index in [1.807, 2.05) is 21.0 Å². The first-order valence-electron chi connectivity index (χ1n) is 7.60. The number of aromatic amines is 1.